The van der Waals surface area contributed by atoms with Crippen molar-refractivity contribution in [3.8, 4) is 0 Å². The number of hydrogen-bond acceptors (Lipinski definition) is 5. The molecule has 1 atom stereocenters. The molecule has 0 saturated carbocycles. The number of ether oxygens (including phenoxy) is 1. The first kappa shape index (κ1) is 14.3. The molecule has 0 radical (unpaired) electrons. The highest BCUT2D eigenvalue weighted by Gasteiger charge is 2.35. The molecule has 0 aliphatic carbocycles. The molecular formula is C14H19N3O3S. The Balaban J connectivity index is 1.86. The molecular weight excluding hydrogens is 290 g/mol. The molecule has 1 aliphatic rings. The van der Waals surface area contributed by atoms with Crippen LogP contribution in [0.15, 0.2) is 23.4 Å². The standard InChI is InChI=1S/C14H19N3O3S/c1-14(2)6-5-10(20-14)8-21(18,19)13-16-11-4-3-9(15)7-12(11)17-13/h3-4,7,10H,5-6,8,15H2,1-2H3,(H,16,17). The van der Waals surface area contributed by atoms with E-state index in [2.05, 4.69) is 9.97 Å². The lowest BCUT2D eigenvalue weighted by atomic mass is 10.1. The van der Waals surface area contributed by atoms with Crippen LogP contribution in [0.4, 0.5) is 5.69 Å². The van der Waals surface area contributed by atoms with Crippen LogP contribution < -0.4 is 5.73 Å². The quantitative estimate of drug-likeness (QED) is 0.844. The van der Waals surface area contributed by atoms with Gasteiger partial charge in [0.05, 0.1) is 28.5 Å². The van der Waals surface area contributed by atoms with Gasteiger partial charge in [-0.05, 0) is 44.9 Å². The minimum atomic E-state index is -3.50. The molecule has 1 unspecified atom stereocenters. The van der Waals surface area contributed by atoms with Gasteiger partial charge in [-0.25, -0.2) is 13.4 Å². The minimum absolute atomic E-state index is 0.0172. The lowest BCUT2D eigenvalue weighted by Gasteiger charge is -2.18. The third-order valence-electron chi connectivity index (χ3n) is 3.74. The molecule has 1 aromatic carbocycles. The Bertz CT molecular complexity index is 780. The van der Waals surface area contributed by atoms with Gasteiger partial charge in [-0.1, -0.05) is 0 Å². The van der Waals surface area contributed by atoms with Crippen molar-refractivity contribution < 1.29 is 13.2 Å². The van der Waals surface area contributed by atoms with Crippen LogP contribution in [0.5, 0.6) is 0 Å². The lowest BCUT2D eigenvalue weighted by Crippen LogP contribution is -2.26. The molecule has 1 aliphatic heterocycles. The highest BCUT2D eigenvalue weighted by Crippen LogP contribution is 2.31. The first-order valence-electron chi connectivity index (χ1n) is 6.91. The Kier molecular flexibility index (Phi) is 3.22. The van der Waals surface area contributed by atoms with Gasteiger partial charge in [0, 0.05) is 5.69 Å². The first-order chi connectivity index (χ1) is 9.75. The summed E-state index contributed by atoms with van der Waals surface area (Å²) < 4.78 is 30.7. The summed E-state index contributed by atoms with van der Waals surface area (Å²) in [7, 11) is -3.50. The Hall–Kier alpha value is -1.60. The van der Waals surface area contributed by atoms with Crippen LogP contribution in [-0.4, -0.2) is 35.8 Å². The number of nitrogens with one attached hydrogen (secondary N) is 1. The van der Waals surface area contributed by atoms with Gasteiger partial charge in [0.1, 0.15) is 0 Å². The van der Waals surface area contributed by atoms with E-state index in [4.69, 9.17) is 10.5 Å². The predicted molar refractivity (Wildman–Crippen MR) is 80.7 cm³/mol. The van der Waals surface area contributed by atoms with Gasteiger partial charge in [-0.3, -0.25) is 0 Å². The zero-order valence-corrected chi connectivity index (χ0v) is 12.9. The fourth-order valence-electron chi connectivity index (χ4n) is 2.67. The minimum Gasteiger partial charge on any atom is -0.399 e. The third kappa shape index (κ3) is 2.89. The molecule has 3 N–H and O–H groups in total. The van der Waals surface area contributed by atoms with Gasteiger partial charge in [-0.15, -0.1) is 0 Å². The van der Waals surface area contributed by atoms with Gasteiger partial charge >= 0.3 is 0 Å². The second-order valence-electron chi connectivity index (χ2n) is 6.14. The van der Waals surface area contributed by atoms with E-state index >= 15 is 0 Å². The largest absolute Gasteiger partial charge is 0.399 e. The number of aromatic nitrogens is 2. The average Bonchev–Trinajstić information content (AvgIpc) is 2.92. The van der Waals surface area contributed by atoms with Crippen molar-refractivity contribution in [2.45, 2.75) is 43.6 Å². The summed E-state index contributed by atoms with van der Waals surface area (Å²) in [5.74, 6) is -0.0499. The van der Waals surface area contributed by atoms with E-state index < -0.39 is 9.84 Å². The van der Waals surface area contributed by atoms with Crippen molar-refractivity contribution in [3.63, 3.8) is 0 Å². The van der Waals surface area contributed by atoms with Crippen molar-refractivity contribution in [2.75, 3.05) is 11.5 Å². The van der Waals surface area contributed by atoms with E-state index in [0.29, 0.717) is 16.7 Å². The average molecular weight is 309 g/mol. The Labute approximate surface area is 123 Å². The third-order valence-corrected chi connectivity index (χ3v) is 5.33. The number of imidazole rings is 1. The number of nitrogen functional groups attached to an aromatic ring is 1. The van der Waals surface area contributed by atoms with E-state index in [1.165, 1.54) is 0 Å². The molecule has 0 amide bonds. The smallest absolute Gasteiger partial charge is 0.226 e. The topological polar surface area (TPSA) is 98.1 Å². The molecule has 0 spiro atoms. The summed E-state index contributed by atoms with van der Waals surface area (Å²) in [6.07, 6.45) is 1.34. The number of nitrogens with two attached hydrogens (primary N) is 1. The molecule has 1 saturated heterocycles. The normalized spacial score (nSPS) is 21.9. The molecule has 2 aromatic rings. The van der Waals surface area contributed by atoms with Gasteiger partial charge < -0.3 is 15.5 Å². The fraction of sp³-hybridized carbons (Fsp3) is 0.500. The molecule has 7 heteroatoms. The zero-order chi connectivity index (χ0) is 15.3. The second kappa shape index (κ2) is 4.71. The number of benzene rings is 1. The van der Waals surface area contributed by atoms with E-state index in [1.54, 1.807) is 18.2 Å². The van der Waals surface area contributed by atoms with Crippen LogP contribution in [-0.2, 0) is 14.6 Å². The first-order valence-corrected chi connectivity index (χ1v) is 8.56. The van der Waals surface area contributed by atoms with Gasteiger partial charge in [0.15, 0.2) is 0 Å². The molecule has 114 valence electrons. The number of H-pyrrole nitrogens is 1. The summed E-state index contributed by atoms with van der Waals surface area (Å²) in [5, 5.41) is -0.0172. The van der Waals surface area contributed by atoms with Crippen LogP contribution in [0.3, 0.4) is 0 Å². The molecule has 21 heavy (non-hydrogen) atoms. The predicted octanol–water partition coefficient (Wildman–Crippen LogP) is 1.88. The van der Waals surface area contributed by atoms with Gasteiger partial charge in [0.25, 0.3) is 0 Å². The van der Waals surface area contributed by atoms with Crippen molar-refractivity contribution >= 4 is 26.6 Å². The van der Waals surface area contributed by atoms with Crippen molar-refractivity contribution in [3.05, 3.63) is 18.2 Å². The van der Waals surface area contributed by atoms with Gasteiger partial charge in [-0.2, -0.15) is 0 Å². The fourth-order valence-corrected chi connectivity index (χ4v) is 4.05. The Morgan fingerprint density at radius 3 is 2.90 bits per heavy atom. The van der Waals surface area contributed by atoms with E-state index in [-0.39, 0.29) is 22.6 Å². The van der Waals surface area contributed by atoms with E-state index in [1.807, 2.05) is 13.8 Å². The summed E-state index contributed by atoms with van der Waals surface area (Å²) >= 11 is 0. The Morgan fingerprint density at radius 2 is 2.24 bits per heavy atom. The SMILES string of the molecule is CC1(C)CCC(CS(=O)(=O)c2nc3ccc(N)cc3[nH]2)O1. The maximum absolute atomic E-state index is 12.4. The monoisotopic (exact) mass is 309 g/mol. The number of nitrogens with zero attached hydrogens (tertiary/aromatic N) is 1. The molecule has 6 nitrogen and oxygen atoms in total. The maximum atomic E-state index is 12.4. The lowest BCUT2D eigenvalue weighted by molar-refractivity contribution is -0.00530. The van der Waals surface area contributed by atoms with Gasteiger partial charge in [0.2, 0.25) is 15.0 Å². The summed E-state index contributed by atoms with van der Waals surface area (Å²) in [5.41, 5.74) is 7.22. The molecule has 0 bridgehead atoms. The maximum Gasteiger partial charge on any atom is 0.226 e. The molecule has 2 heterocycles. The Morgan fingerprint density at radius 1 is 1.48 bits per heavy atom. The van der Waals surface area contributed by atoms with Crippen LogP contribution in [0.2, 0.25) is 0 Å². The summed E-state index contributed by atoms with van der Waals surface area (Å²) in [4.78, 5) is 6.99. The van der Waals surface area contributed by atoms with Crippen LogP contribution in [0.1, 0.15) is 26.7 Å². The summed E-state index contributed by atoms with van der Waals surface area (Å²) in [6.45, 7) is 3.95. The zero-order valence-electron chi connectivity index (χ0n) is 12.1. The highest BCUT2D eigenvalue weighted by molar-refractivity contribution is 7.91. The molecule has 3 rings (SSSR count). The molecule has 1 fully saturated rings. The van der Waals surface area contributed by atoms with Crippen molar-refractivity contribution in [1.82, 2.24) is 9.97 Å². The number of sulfone groups is 1. The highest BCUT2D eigenvalue weighted by atomic mass is 32.2. The van der Waals surface area contributed by atoms with Crippen molar-refractivity contribution in [1.29, 1.82) is 0 Å². The molecule has 1 aromatic heterocycles. The van der Waals surface area contributed by atoms with Crippen LogP contribution in [0, 0.1) is 0 Å². The number of aromatic amines is 1. The second-order valence-corrected chi connectivity index (χ2v) is 8.09. The van der Waals surface area contributed by atoms with E-state index in [0.717, 1.165) is 12.8 Å². The number of fused-ring (bicyclic) bond motifs is 1. The van der Waals surface area contributed by atoms with Crippen LogP contribution >= 0.6 is 0 Å². The van der Waals surface area contributed by atoms with E-state index in [9.17, 15) is 8.42 Å². The van der Waals surface area contributed by atoms with Crippen LogP contribution in [0.25, 0.3) is 11.0 Å². The van der Waals surface area contributed by atoms with Crippen molar-refractivity contribution in [2.24, 2.45) is 0 Å². The number of anilines is 1. The summed E-state index contributed by atoms with van der Waals surface area (Å²) in [6, 6.07) is 5.08. The number of hydrogen-bond donors (Lipinski definition) is 2. The number of rotatable bonds is 3.